The minimum absolute atomic E-state index is 0.0783. The fraction of sp³-hybridized carbons (Fsp3) is 0.640. The number of aromatic carboxylic acids is 1. The second-order valence-corrected chi connectivity index (χ2v) is 11.4. The van der Waals surface area contributed by atoms with Crippen molar-refractivity contribution in [2.75, 3.05) is 5.32 Å². The zero-order valence-electron chi connectivity index (χ0n) is 20.4. The van der Waals surface area contributed by atoms with Crippen molar-refractivity contribution in [2.45, 2.75) is 100 Å². The van der Waals surface area contributed by atoms with Gasteiger partial charge in [-0.3, -0.25) is 4.79 Å². The van der Waals surface area contributed by atoms with Gasteiger partial charge in [0.05, 0.1) is 5.56 Å². The van der Waals surface area contributed by atoms with Crippen LogP contribution in [0.15, 0.2) is 24.3 Å². The molecule has 1 aromatic carbocycles. The molecule has 0 aliphatic carbocycles. The molecule has 1 atom stereocenters. The molecule has 0 fully saturated rings. The van der Waals surface area contributed by atoms with Gasteiger partial charge in [0.15, 0.2) is 5.11 Å². The highest BCUT2D eigenvalue weighted by molar-refractivity contribution is 7.80. The molecular formula is C25H38Cl3N3O3S. The zero-order valence-corrected chi connectivity index (χ0v) is 23.5. The summed E-state index contributed by atoms with van der Waals surface area (Å²) in [6, 6.07) is 6.12. The normalized spacial score (nSPS) is 12.1. The van der Waals surface area contributed by atoms with Crippen molar-refractivity contribution >= 4 is 69.7 Å². The predicted molar refractivity (Wildman–Crippen MR) is 151 cm³/mol. The number of halogens is 3. The summed E-state index contributed by atoms with van der Waals surface area (Å²) < 4.78 is -1.85. The number of carbonyl (C=O) groups excluding carboxylic acids is 1. The number of carbonyl (C=O) groups is 2. The molecular weight excluding hydrogens is 529 g/mol. The number of carboxylic acid groups (broad SMARTS) is 1. The van der Waals surface area contributed by atoms with Gasteiger partial charge in [0, 0.05) is 12.1 Å². The Morgan fingerprint density at radius 3 is 1.97 bits per heavy atom. The molecule has 0 aromatic heterocycles. The van der Waals surface area contributed by atoms with Crippen LogP contribution in [0.2, 0.25) is 0 Å². The Hall–Kier alpha value is -1.28. The van der Waals surface area contributed by atoms with Crippen molar-refractivity contribution in [2.24, 2.45) is 0 Å². The van der Waals surface area contributed by atoms with Crippen LogP contribution in [0.5, 0.6) is 0 Å². The van der Waals surface area contributed by atoms with E-state index in [2.05, 4.69) is 22.9 Å². The highest BCUT2D eigenvalue weighted by atomic mass is 35.6. The van der Waals surface area contributed by atoms with Crippen LogP contribution in [0.3, 0.4) is 0 Å². The Bertz CT molecular complexity index is 791. The average molecular weight is 567 g/mol. The number of carboxylic acids is 1. The SMILES string of the molecule is CCCCCCCCCCCCCCC(=O)N[C@@H](NC(=S)Nc1cccc(C(=O)O)c1)C(Cl)(Cl)Cl. The first-order chi connectivity index (χ1) is 16.6. The van der Waals surface area contributed by atoms with Gasteiger partial charge in [0.25, 0.3) is 0 Å². The predicted octanol–water partition coefficient (Wildman–Crippen LogP) is 7.57. The van der Waals surface area contributed by atoms with E-state index in [1.54, 1.807) is 12.1 Å². The van der Waals surface area contributed by atoms with Crippen molar-refractivity contribution in [1.82, 2.24) is 10.6 Å². The number of benzene rings is 1. The summed E-state index contributed by atoms with van der Waals surface area (Å²) in [6.45, 7) is 2.24. The van der Waals surface area contributed by atoms with Crippen molar-refractivity contribution in [3.8, 4) is 0 Å². The largest absolute Gasteiger partial charge is 0.478 e. The summed E-state index contributed by atoms with van der Waals surface area (Å²) >= 11 is 23.3. The summed E-state index contributed by atoms with van der Waals surface area (Å²) in [5, 5.41) is 17.5. The van der Waals surface area contributed by atoms with Crippen LogP contribution in [0.1, 0.15) is 101 Å². The van der Waals surface area contributed by atoms with Gasteiger partial charge in [-0.25, -0.2) is 4.79 Å². The molecule has 0 radical (unpaired) electrons. The quantitative estimate of drug-likeness (QED) is 0.0673. The summed E-state index contributed by atoms with van der Waals surface area (Å²) in [5.74, 6) is -1.30. The first kappa shape index (κ1) is 31.7. The highest BCUT2D eigenvalue weighted by Gasteiger charge is 2.34. The summed E-state index contributed by atoms with van der Waals surface area (Å²) in [7, 11) is 0. The van der Waals surface area contributed by atoms with Gasteiger partial charge in [-0.05, 0) is 36.8 Å². The van der Waals surface area contributed by atoms with E-state index in [-0.39, 0.29) is 16.6 Å². The van der Waals surface area contributed by atoms with Crippen LogP contribution >= 0.6 is 47.0 Å². The first-order valence-corrected chi connectivity index (χ1v) is 13.9. The van der Waals surface area contributed by atoms with Crippen LogP contribution in [-0.4, -0.2) is 32.1 Å². The van der Waals surface area contributed by atoms with E-state index in [9.17, 15) is 9.59 Å². The standard InChI is InChI=1S/C25H38Cl3N3O3S/c1-2-3-4-5-6-7-8-9-10-11-12-13-17-21(32)30-23(25(26,27)28)31-24(35)29-20-16-14-15-19(18-20)22(33)34/h14-16,18,23H,2-13,17H2,1H3,(H,30,32)(H,33,34)(H2,29,31,35)/t23-/m0/s1. The molecule has 35 heavy (non-hydrogen) atoms. The lowest BCUT2D eigenvalue weighted by molar-refractivity contribution is -0.122. The molecule has 0 unspecified atom stereocenters. The maximum absolute atomic E-state index is 12.4. The molecule has 1 amide bonds. The van der Waals surface area contributed by atoms with Gasteiger partial charge >= 0.3 is 5.97 Å². The lowest BCUT2D eigenvalue weighted by atomic mass is 10.0. The Morgan fingerprint density at radius 2 is 1.46 bits per heavy atom. The van der Waals surface area contributed by atoms with E-state index in [0.717, 1.165) is 19.3 Å². The number of rotatable bonds is 17. The third-order valence-electron chi connectivity index (χ3n) is 5.53. The summed E-state index contributed by atoms with van der Waals surface area (Å²) in [4.78, 5) is 23.5. The number of alkyl halides is 3. The third-order valence-corrected chi connectivity index (χ3v) is 6.41. The lowest BCUT2D eigenvalue weighted by Crippen LogP contribution is -2.56. The van der Waals surface area contributed by atoms with Gasteiger partial charge in [-0.2, -0.15) is 0 Å². The second-order valence-electron chi connectivity index (χ2n) is 8.67. The Kier molecular flexibility index (Phi) is 16.4. The smallest absolute Gasteiger partial charge is 0.335 e. The average Bonchev–Trinajstić information content (AvgIpc) is 2.79. The van der Waals surface area contributed by atoms with Crippen LogP contribution < -0.4 is 16.0 Å². The molecule has 0 spiro atoms. The van der Waals surface area contributed by atoms with Crippen molar-refractivity contribution in [3.05, 3.63) is 29.8 Å². The van der Waals surface area contributed by atoms with Gasteiger partial charge in [0.1, 0.15) is 6.17 Å². The number of hydrogen-bond acceptors (Lipinski definition) is 3. The molecule has 0 aliphatic heterocycles. The topological polar surface area (TPSA) is 90.5 Å². The Morgan fingerprint density at radius 1 is 0.914 bits per heavy atom. The molecule has 1 rings (SSSR count). The third kappa shape index (κ3) is 15.4. The van der Waals surface area contributed by atoms with Crippen LogP contribution in [-0.2, 0) is 4.79 Å². The lowest BCUT2D eigenvalue weighted by Gasteiger charge is -2.27. The van der Waals surface area contributed by atoms with Gasteiger partial charge in [-0.1, -0.05) is 118 Å². The van der Waals surface area contributed by atoms with E-state index in [1.165, 1.54) is 69.9 Å². The van der Waals surface area contributed by atoms with Gasteiger partial charge in [0.2, 0.25) is 9.70 Å². The maximum Gasteiger partial charge on any atom is 0.335 e. The summed E-state index contributed by atoms with van der Waals surface area (Å²) in [5.41, 5.74) is 0.555. The fourth-order valence-corrected chi connectivity index (χ4v) is 4.15. The van der Waals surface area contributed by atoms with Crippen molar-refractivity contribution in [3.63, 3.8) is 0 Å². The molecule has 0 saturated heterocycles. The van der Waals surface area contributed by atoms with Crippen LogP contribution in [0.4, 0.5) is 5.69 Å². The van der Waals surface area contributed by atoms with Crippen molar-refractivity contribution < 1.29 is 14.7 Å². The first-order valence-electron chi connectivity index (χ1n) is 12.4. The van der Waals surface area contributed by atoms with E-state index in [1.807, 2.05) is 0 Å². The van der Waals surface area contributed by atoms with Gasteiger partial charge in [-0.15, -0.1) is 0 Å². The Balaban J connectivity index is 2.29. The molecule has 198 valence electrons. The second kappa shape index (κ2) is 18.0. The molecule has 4 N–H and O–H groups in total. The molecule has 0 saturated carbocycles. The fourth-order valence-electron chi connectivity index (χ4n) is 3.59. The van der Waals surface area contributed by atoms with Crippen molar-refractivity contribution in [1.29, 1.82) is 0 Å². The molecule has 0 heterocycles. The molecule has 6 nitrogen and oxygen atoms in total. The number of hydrogen-bond donors (Lipinski definition) is 4. The monoisotopic (exact) mass is 565 g/mol. The number of anilines is 1. The van der Waals surface area contributed by atoms with E-state index >= 15 is 0 Å². The Labute approximate surface area is 229 Å². The zero-order chi connectivity index (χ0) is 26.1. The molecule has 10 heteroatoms. The minimum atomic E-state index is -1.85. The minimum Gasteiger partial charge on any atom is -0.478 e. The number of unbranched alkanes of at least 4 members (excludes halogenated alkanes) is 11. The number of thiocarbonyl (C=S) groups is 1. The molecule has 0 aliphatic rings. The number of amides is 1. The van der Waals surface area contributed by atoms with Crippen LogP contribution in [0.25, 0.3) is 0 Å². The molecule has 1 aromatic rings. The maximum atomic E-state index is 12.4. The van der Waals surface area contributed by atoms with Crippen LogP contribution in [0, 0.1) is 0 Å². The van der Waals surface area contributed by atoms with E-state index < -0.39 is 15.9 Å². The number of nitrogens with one attached hydrogen (secondary N) is 3. The highest BCUT2D eigenvalue weighted by Crippen LogP contribution is 2.29. The van der Waals surface area contributed by atoms with Gasteiger partial charge < -0.3 is 21.1 Å². The van der Waals surface area contributed by atoms with E-state index in [0.29, 0.717) is 12.1 Å². The summed E-state index contributed by atoms with van der Waals surface area (Å²) in [6.07, 6.45) is 13.9. The van der Waals surface area contributed by atoms with E-state index in [4.69, 9.17) is 52.1 Å². The molecule has 0 bridgehead atoms.